The minimum atomic E-state index is -5.49. The highest BCUT2D eigenvalue weighted by molar-refractivity contribution is 4.67. The molecule has 282 valence electrons. The molecule has 0 aromatic rings. The van der Waals surface area contributed by atoms with E-state index in [9.17, 15) is 46.8 Å². The van der Waals surface area contributed by atoms with Gasteiger partial charge in [-0.3, -0.25) is 0 Å². The van der Waals surface area contributed by atoms with E-state index in [1.54, 1.807) is 0 Å². The van der Waals surface area contributed by atoms with Crippen LogP contribution in [0.2, 0.25) is 0 Å². The van der Waals surface area contributed by atoms with Crippen LogP contribution in [0.25, 0.3) is 4.85 Å². The van der Waals surface area contributed by atoms with Crippen molar-refractivity contribution in [2.75, 3.05) is 99.0 Å². The van der Waals surface area contributed by atoms with Gasteiger partial charge in [0.1, 0.15) is 37.6 Å². The van der Waals surface area contributed by atoms with E-state index < -0.39 is 76.0 Å². The number of nitrogens with zero attached hydrogens (tertiary/aromatic N) is 2. The summed E-state index contributed by atoms with van der Waals surface area (Å²) in [5, 5.41) is 47.1. The Balaban J connectivity index is 4.09. The Bertz CT molecular complexity index is 886. The summed E-state index contributed by atoms with van der Waals surface area (Å²) >= 11 is 0. The summed E-state index contributed by atoms with van der Waals surface area (Å²) < 4.78 is 122. The summed E-state index contributed by atoms with van der Waals surface area (Å²) in [4.78, 5) is 3.14. The molecule has 0 saturated heterocycles. The third-order valence-electron chi connectivity index (χ3n) is 5.07. The lowest BCUT2D eigenvalue weighted by Crippen LogP contribution is -2.44. The SMILES string of the molecule is [C-]#[N+]CCCOCC(O)COCC(O)COCCOCC(F)(F)OC(F)(F)OC(F)(F)COCC(O)COCC(O)COCCCC#N. The highest BCUT2D eigenvalue weighted by Gasteiger charge is 2.52. The Kier molecular flexibility index (Phi) is 25.8. The van der Waals surface area contributed by atoms with Crippen molar-refractivity contribution < 1.29 is 89.4 Å². The number of nitriles is 1. The quantitative estimate of drug-likeness (QED) is 0.0324. The van der Waals surface area contributed by atoms with Gasteiger partial charge in [-0.15, -0.1) is 8.78 Å². The molecule has 0 aliphatic carbocycles. The maximum Gasteiger partial charge on any atom is 0.495 e. The predicted octanol–water partition coefficient (Wildman–Crippen LogP) is 0.928. The van der Waals surface area contributed by atoms with Crippen LogP contribution in [0.15, 0.2) is 0 Å². The second kappa shape index (κ2) is 26.8. The number of unbranched alkanes of at least 4 members (excludes halogenated alkanes) is 1. The van der Waals surface area contributed by atoms with E-state index in [1.165, 1.54) is 0 Å². The Morgan fingerprint density at radius 1 is 0.562 bits per heavy atom. The zero-order valence-electron chi connectivity index (χ0n) is 26.2. The second-order valence-electron chi connectivity index (χ2n) is 9.92. The first-order valence-electron chi connectivity index (χ1n) is 14.6. The Morgan fingerprint density at radius 2 is 0.938 bits per heavy atom. The molecule has 0 aromatic carbocycles. The number of alkyl halides is 6. The monoisotopic (exact) mass is 718 g/mol. The average molecular weight is 719 g/mol. The largest absolute Gasteiger partial charge is 0.495 e. The van der Waals surface area contributed by atoms with Gasteiger partial charge in [-0.25, -0.2) is 16.0 Å². The maximum atomic E-state index is 13.7. The van der Waals surface area contributed by atoms with Crippen molar-refractivity contribution >= 4 is 0 Å². The van der Waals surface area contributed by atoms with Crippen LogP contribution < -0.4 is 0 Å². The molecule has 0 radical (unpaired) electrons. The van der Waals surface area contributed by atoms with Crippen molar-refractivity contribution in [2.45, 2.75) is 62.2 Å². The molecule has 0 saturated carbocycles. The summed E-state index contributed by atoms with van der Waals surface area (Å²) in [7, 11) is 0. The predicted molar refractivity (Wildman–Crippen MR) is 148 cm³/mol. The zero-order chi connectivity index (χ0) is 36.3. The standard InChI is InChI=1S/C27H44F6N2O13/c1-35-6-4-8-41-12-22(37)15-44-16-23(38)13-42-9-10-43-19-25(28,29)47-27(32,33)48-26(30,31)20-46-18-24(39)17-45-14-21(36)11-40-7-3-2-5-34/h21-24,36-39H,2-4,6-20H2. The van der Waals surface area contributed by atoms with E-state index >= 15 is 0 Å². The fourth-order valence-corrected chi connectivity index (χ4v) is 3.08. The molecule has 4 unspecified atom stereocenters. The fraction of sp³-hybridized carbons (Fsp3) is 0.926. The van der Waals surface area contributed by atoms with Gasteiger partial charge in [-0.1, -0.05) is 0 Å². The minimum absolute atomic E-state index is 0.0360. The van der Waals surface area contributed by atoms with E-state index in [4.69, 9.17) is 35.5 Å². The molecule has 0 spiro atoms. The molecule has 0 aliphatic rings. The molecule has 48 heavy (non-hydrogen) atoms. The van der Waals surface area contributed by atoms with Gasteiger partial charge in [-0.2, -0.15) is 22.8 Å². The van der Waals surface area contributed by atoms with Crippen molar-refractivity contribution in [3.05, 3.63) is 11.4 Å². The number of halogens is 6. The van der Waals surface area contributed by atoms with Crippen LogP contribution in [-0.2, 0) is 42.6 Å². The van der Waals surface area contributed by atoms with Crippen LogP contribution in [0.3, 0.4) is 0 Å². The van der Waals surface area contributed by atoms with Gasteiger partial charge in [-0.05, 0) is 6.42 Å². The fourth-order valence-electron chi connectivity index (χ4n) is 3.08. The van der Waals surface area contributed by atoms with Crippen molar-refractivity contribution in [2.24, 2.45) is 0 Å². The van der Waals surface area contributed by atoms with Crippen molar-refractivity contribution in [1.29, 1.82) is 5.26 Å². The molecule has 0 amide bonds. The van der Waals surface area contributed by atoms with Gasteiger partial charge < -0.3 is 58.4 Å². The molecule has 0 bridgehead atoms. The average Bonchev–Trinajstić information content (AvgIpc) is 2.97. The van der Waals surface area contributed by atoms with Gasteiger partial charge in [0.2, 0.25) is 6.54 Å². The van der Waals surface area contributed by atoms with Crippen LogP contribution in [-0.4, -0.2) is 162 Å². The first-order valence-corrected chi connectivity index (χ1v) is 14.6. The van der Waals surface area contributed by atoms with Crippen molar-refractivity contribution in [1.82, 2.24) is 0 Å². The number of aliphatic hydroxyl groups is 4. The van der Waals surface area contributed by atoms with Gasteiger partial charge in [0, 0.05) is 19.4 Å². The molecular formula is C27H44F6N2O13. The molecule has 15 nitrogen and oxygen atoms in total. The second-order valence-corrected chi connectivity index (χ2v) is 9.92. The van der Waals surface area contributed by atoms with Crippen LogP contribution in [0.4, 0.5) is 26.3 Å². The number of ether oxygens (including phenoxy) is 9. The first kappa shape index (κ1) is 46.0. The Morgan fingerprint density at radius 3 is 1.40 bits per heavy atom. The Hall–Kier alpha value is -1.96. The molecule has 4 atom stereocenters. The lowest BCUT2D eigenvalue weighted by atomic mass is 10.3. The zero-order valence-corrected chi connectivity index (χ0v) is 26.2. The molecule has 21 heteroatoms. The van der Waals surface area contributed by atoms with Crippen LogP contribution >= 0.6 is 0 Å². The summed E-state index contributed by atoms with van der Waals surface area (Å²) in [6.45, 7) is 0.225. The van der Waals surface area contributed by atoms with Gasteiger partial charge in [0.05, 0.1) is 78.7 Å². The smallest absolute Gasteiger partial charge is 0.388 e. The van der Waals surface area contributed by atoms with Gasteiger partial charge in [0.25, 0.3) is 0 Å². The molecule has 0 aromatic heterocycles. The van der Waals surface area contributed by atoms with Crippen molar-refractivity contribution in [3.8, 4) is 6.07 Å². The molecule has 0 fully saturated rings. The van der Waals surface area contributed by atoms with E-state index in [0.29, 0.717) is 26.0 Å². The minimum Gasteiger partial charge on any atom is -0.388 e. The van der Waals surface area contributed by atoms with Crippen LogP contribution in [0.5, 0.6) is 0 Å². The lowest BCUT2D eigenvalue weighted by Gasteiger charge is -2.26. The highest BCUT2D eigenvalue weighted by Crippen LogP contribution is 2.33. The number of hydrogen-bond donors (Lipinski definition) is 4. The van der Waals surface area contributed by atoms with Crippen LogP contribution in [0, 0.1) is 17.9 Å². The summed E-state index contributed by atoms with van der Waals surface area (Å²) in [6.07, 6.45) is -18.6. The summed E-state index contributed by atoms with van der Waals surface area (Å²) in [5.74, 6) is 0. The third kappa shape index (κ3) is 29.0. The molecule has 0 aliphatic heterocycles. The number of rotatable bonds is 33. The number of hydrogen-bond acceptors (Lipinski definition) is 14. The highest BCUT2D eigenvalue weighted by atomic mass is 19.3. The Labute approximate surface area is 273 Å². The summed E-state index contributed by atoms with van der Waals surface area (Å²) in [6, 6.07) is 1.91. The van der Waals surface area contributed by atoms with Crippen LogP contribution in [0.1, 0.15) is 19.3 Å². The topological polar surface area (TPSA) is 192 Å². The van der Waals surface area contributed by atoms with Gasteiger partial charge >= 0.3 is 18.5 Å². The molecule has 0 rings (SSSR count). The van der Waals surface area contributed by atoms with E-state index in [1.807, 2.05) is 6.07 Å². The molecule has 0 heterocycles. The number of aliphatic hydroxyl groups excluding tert-OH is 4. The maximum absolute atomic E-state index is 13.7. The molecule has 4 N–H and O–H groups in total. The molecular weight excluding hydrogens is 674 g/mol. The lowest BCUT2D eigenvalue weighted by molar-refractivity contribution is -0.518. The van der Waals surface area contributed by atoms with Gasteiger partial charge in [0.15, 0.2) is 0 Å². The van der Waals surface area contributed by atoms with E-state index in [-0.39, 0.29) is 59.3 Å². The van der Waals surface area contributed by atoms with E-state index in [2.05, 4.69) is 23.8 Å². The summed E-state index contributed by atoms with van der Waals surface area (Å²) in [5.41, 5.74) is 0. The van der Waals surface area contributed by atoms with Crippen molar-refractivity contribution in [3.63, 3.8) is 0 Å². The normalized spacial score (nSPS) is 15.1. The van der Waals surface area contributed by atoms with E-state index in [0.717, 1.165) is 0 Å². The first-order chi connectivity index (χ1) is 22.6. The third-order valence-corrected chi connectivity index (χ3v) is 5.07.